The molecule has 4 aromatic carbocycles. The molecule has 14 nitrogen and oxygen atoms in total. The largest absolute Gasteiger partial charge is 0.283 e. The summed E-state index contributed by atoms with van der Waals surface area (Å²) < 4.78 is 34.0. The minimum atomic E-state index is -4.94. The van der Waals surface area contributed by atoms with Gasteiger partial charge in [-0.15, -0.1) is 40.9 Å². The molecule has 0 N–H and O–H groups in total. The number of hydrogen-bond acceptors (Lipinski definition) is 14. The van der Waals surface area contributed by atoms with Gasteiger partial charge in [-0.2, -0.15) is 0 Å². The molecule has 0 fully saturated rings. The molecule has 16 heteroatoms. The number of allylic oxidation sites excluding steroid dienone is 5. The summed E-state index contributed by atoms with van der Waals surface area (Å²) in [6.45, 7) is 2.04. The van der Waals surface area contributed by atoms with E-state index in [1.54, 1.807) is 12.4 Å². The number of hydrogen-bond donors (Lipinski definition) is 0. The van der Waals surface area contributed by atoms with Gasteiger partial charge in [-0.05, 0) is 79.7 Å². The Morgan fingerprint density at radius 1 is 0.466 bits per heavy atom. The molecule has 7 rings (SSSR count). The second-order valence-corrected chi connectivity index (χ2v) is 11.8. The molecule has 58 heavy (non-hydrogen) atoms. The van der Waals surface area contributed by atoms with E-state index in [9.17, 15) is 0 Å². The van der Waals surface area contributed by atoms with Crippen molar-refractivity contribution in [2.75, 3.05) is 0 Å². The first-order chi connectivity index (χ1) is 27.7. The van der Waals surface area contributed by atoms with Crippen LogP contribution in [0.3, 0.4) is 0 Å². The maximum Gasteiger partial charge on any atom is 0.283 e. The molecule has 1 aliphatic rings. The van der Waals surface area contributed by atoms with Crippen LogP contribution >= 0.6 is 0 Å². The van der Waals surface area contributed by atoms with Gasteiger partial charge in [0.15, 0.2) is 11.6 Å². The molecule has 292 valence electrons. The molecule has 6 aromatic rings. The Hall–Kier alpha value is -6.58. The second kappa shape index (κ2) is 26.3. The third kappa shape index (κ3) is 20.4. The van der Waals surface area contributed by atoms with Crippen molar-refractivity contribution in [3.63, 3.8) is 0 Å². The summed E-state index contributed by atoms with van der Waals surface area (Å²) in [6, 6.07) is 49.4. The van der Waals surface area contributed by atoms with Crippen LogP contribution in [0.2, 0.25) is 0 Å². The molecule has 0 bridgehead atoms. The monoisotopic (exact) mass is 880 g/mol. The van der Waals surface area contributed by atoms with Crippen molar-refractivity contribution >= 4 is 34.4 Å². The van der Waals surface area contributed by atoms with Crippen LogP contribution in [0.5, 0.6) is 0 Å². The molecule has 0 atom stereocenters. The Kier molecular flexibility index (Phi) is 20.8. The maximum absolute atomic E-state index is 8.49. The first-order valence-corrected chi connectivity index (χ1v) is 18.2. The van der Waals surface area contributed by atoms with Crippen LogP contribution in [0.25, 0.3) is 0 Å². The van der Waals surface area contributed by atoms with Gasteiger partial charge in [-0.3, -0.25) is 0 Å². The Bertz CT molecular complexity index is 2040. The fourth-order valence-corrected chi connectivity index (χ4v) is 4.07. The van der Waals surface area contributed by atoms with Crippen molar-refractivity contribution in [3.05, 3.63) is 212 Å². The number of aromatic nitrogens is 2. The van der Waals surface area contributed by atoms with Crippen LogP contribution in [0, 0.1) is 16.7 Å². The van der Waals surface area contributed by atoms with Gasteiger partial charge in [0.25, 0.3) is 5.82 Å². The van der Waals surface area contributed by atoms with E-state index in [4.69, 9.17) is 18.6 Å². The average Bonchev–Trinajstić information content (AvgIpc) is 3.25. The van der Waals surface area contributed by atoms with Gasteiger partial charge in [0.05, 0.1) is 22.7 Å². The molecule has 2 aromatic heterocycles. The molecule has 1 aliphatic carbocycles. The molecule has 0 aliphatic heterocycles. The average molecular weight is 880 g/mol. The summed E-state index contributed by atoms with van der Waals surface area (Å²) in [7, 11) is -4.94. The summed E-state index contributed by atoms with van der Waals surface area (Å²) in [6.07, 6.45) is 11.4. The van der Waals surface area contributed by atoms with E-state index in [0.29, 0.717) is 17.5 Å². The molecule has 0 radical (unpaired) electrons. The predicted octanol–water partition coefficient (Wildman–Crippen LogP) is 8.72. The zero-order chi connectivity index (χ0) is 40.4. The van der Waals surface area contributed by atoms with Crippen LogP contribution in [0.4, 0.5) is 34.4 Å². The van der Waals surface area contributed by atoms with E-state index in [1.807, 2.05) is 189 Å². The van der Waals surface area contributed by atoms with Crippen molar-refractivity contribution in [3.8, 4) is 0 Å². The van der Waals surface area contributed by atoms with Gasteiger partial charge >= 0.3 is 0 Å². The zero-order valence-corrected chi connectivity index (χ0v) is 33.3. The Morgan fingerprint density at radius 3 is 1.12 bits per heavy atom. The first kappa shape index (κ1) is 45.8. The molecule has 0 saturated heterocycles. The van der Waals surface area contributed by atoms with Gasteiger partial charge in [0, 0.05) is 62.1 Å². The minimum absolute atomic E-state index is 0. The van der Waals surface area contributed by atoms with Gasteiger partial charge in [-0.25, -0.2) is 28.6 Å². The van der Waals surface area contributed by atoms with Gasteiger partial charge < -0.3 is 0 Å². The summed E-state index contributed by atoms with van der Waals surface area (Å²) in [5.41, 5.74) is 5.27. The minimum Gasteiger partial charge on any atom is -0.236 e. The predicted molar refractivity (Wildman–Crippen MR) is 206 cm³/mol. The Labute approximate surface area is 350 Å². The quantitative estimate of drug-likeness (QED) is 0.0826. The summed E-state index contributed by atoms with van der Waals surface area (Å²) in [4.78, 5) is 8.07. The molecule has 0 unspecified atom stereocenters. The standard InChI is InChI=1S/C20H17N4.2C11H9N3.ClHO4.Ru/c1-16-12-14-17(15-13-16)20(23-21-18-8-4-2-5-9-18)24-22-19-10-6-3-7-11-19;2*1-2-6-10(7-3-1)13-14-11-8-4-5-9-12-11;2-1(3,4)5;/h2-15H,1H3;2*1-9H;(H,2,3,4,5);/q+1;;;;/p-1. The van der Waals surface area contributed by atoms with Gasteiger partial charge in [0.1, 0.15) is 5.57 Å². The van der Waals surface area contributed by atoms with Crippen LogP contribution < -0.4 is 18.6 Å². The topological polar surface area (TPSA) is 217 Å². The van der Waals surface area contributed by atoms with Crippen LogP contribution in [0.1, 0.15) is 6.92 Å². The van der Waals surface area contributed by atoms with E-state index >= 15 is 0 Å². The van der Waals surface area contributed by atoms with E-state index < -0.39 is 10.2 Å². The normalized spacial score (nSPS) is 11.9. The Morgan fingerprint density at radius 2 is 0.810 bits per heavy atom. The molecule has 0 spiro atoms. The molecular weight excluding hydrogens is 845 g/mol. The number of benzene rings is 4. The SMILES string of the molecule is CC1=C[CH+]C(=C(N=Nc2ccccc2)N=Nc2ccccc2)C=C1.[O-][Cl+3]([O-])([O-])[O-].[Ru].c1ccc(N=Nc2ccccn2)cc1.c1ccc(N=Nc2ccccn2)cc1. The third-order valence-electron chi connectivity index (χ3n) is 6.69. The smallest absolute Gasteiger partial charge is 0.236 e. The van der Waals surface area contributed by atoms with E-state index in [0.717, 1.165) is 28.3 Å². The third-order valence-corrected chi connectivity index (χ3v) is 6.69. The molecule has 0 amide bonds. The van der Waals surface area contributed by atoms with Crippen molar-refractivity contribution in [2.45, 2.75) is 6.92 Å². The van der Waals surface area contributed by atoms with Crippen LogP contribution in [-0.2, 0) is 19.5 Å². The fraction of sp³-hybridized carbons (Fsp3) is 0.0238. The molecule has 2 heterocycles. The fourth-order valence-electron chi connectivity index (χ4n) is 4.07. The van der Waals surface area contributed by atoms with E-state index in [2.05, 4.69) is 50.9 Å². The Balaban J connectivity index is 0.000000228. The number of nitrogens with zero attached hydrogens (tertiary/aromatic N) is 10. The summed E-state index contributed by atoms with van der Waals surface area (Å²) >= 11 is 0. The van der Waals surface area contributed by atoms with Crippen LogP contribution in [-0.4, -0.2) is 9.97 Å². The number of pyridine rings is 2. The van der Waals surface area contributed by atoms with Crippen molar-refractivity contribution in [1.29, 1.82) is 0 Å². The number of rotatable bonds is 8. The van der Waals surface area contributed by atoms with Crippen molar-refractivity contribution in [2.24, 2.45) is 40.9 Å². The molecular formula is C42H35ClN10O4Ru. The van der Waals surface area contributed by atoms with Crippen molar-refractivity contribution < 1.29 is 48.4 Å². The van der Waals surface area contributed by atoms with E-state index in [-0.39, 0.29) is 19.5 Å². The number of azo groups is 4. The number of halogens is 1. The van der Waals surface area contributed by atoms with Crippen LogP contribution in [0.15, 0.2) is 246 Å². The van der Waals surface area contributed by atoms with Gasteiger partial charge in [0.2, 0.25) is 0 Å². The van der Waals surface area contributed by atoms with Crippen molar-refractivity contribution in [1.82, 2.24) is 9.97 Å². The maximum atomic E-state index is 8.49. The van der Waals surface area contributed by atoms with Gasteiger partial charge in [-0.1, -0.05) is 95.2 Å². The summed E-state index contributed by atoms with van der Waals surface area (Å²) in [5.74, 6) is 1.72. The second-order valence-electron chi connectivity index (χ2n) is 11.1. The first-order valence-electron chi connectivity index (χ1n) is 17.0. The zero-order valence-electron chi connectivity index (χ0n) is 30.8. The molecule has 0 saturated carbocycles. The summed E-state index contributed by atoms with van der Waals surface area (Å²) in [5, 5.41) is 33.1. The van der Waals surface area contributed by atoms with E-state index in [1.165, 1.54) is 5.57 Å².